The van der Waals surface area contributed by atoms with E-state index < -0.39 is 5.41 Å². The molecule has 370 valence electrons. The van der Waals surface area contributed by atoms with E-state index in [9.17, 15) is 0 Å². The van der Waals surface area contributed by atoms with Crippen molar-refractivity contribution < 1.29 is 25.8 Å². The van der Waals surface area contributed by atoms with E-state index in [0.29, 0.717) is 23.3 Å². The van der Waals surface area contributed by atoms with Gasteiger partial charge in [-0.15, -0.1) is 53.8 Å². The van der Waals surface area contributed by atoms with Crippen LogP contribution in [-0.4, -0.2) is 9.55 Å². The third-order valence-electron chi connectivity index (χ3n) is 14.2. The van der Waals surface area contributed by atoms with Crippen molar-refractivity contribution in [2.75, 3.05) is 9.80 Å². The third-order valence-corrected chi connectivity index (χ3v) is 14.2. The van der Waals surface area contributed by atoms with Crippen molar-refractivity contribution in [3.8, 4) is 28.4 Å². The van der Waals surface area contributed by atoms with Crippen LogP contribution in [0.1, 0.15) is 149 Å². The predicted octanol–water partition coefficient (Wildman–Crippen LogP) is 17.7. The van der Waals surface area contributed by atoms with Crippen LogP contribution in [0.15, 0.2) is 145 Å². The molecule has 71 heavy (non-hydrogen) atoms. The van der Waals surface area contributed by atoms with Crippen molar-refractivity contribution in [2.45, 2.75) is 132 Å². The topological polar surface area (TPSA) is 33.5 Å². The summed E-state index contributed by atoms with van der Waals surface area (Å²) in [5, 5.41) is 2.28. The monoisotopic (exact) mass is 1120 g/mol. The van der Waals surface area contributed by atoms with Gasteiger partial charge in [-0.2, -0.15) is 0 Å². The Morgan fingerprint density at radius 3 is 1.85 bits per heavy atom. The standard InChI is InChI=1S/C65H71N4O.Pt/c1-42(2)52-28-22-29-53(43(3)4)60(52)44-33-49(67-40-58(64(11,12)13)68(41-67)48-26-21-25-46(35-48)62(5,6)7)37-50(34-44)70-51-38-55(65(14,15)45-23-17-16-18-24-45)61-54-27-19-20-30-56(54)69(57(61)39-51)59-36-47(31-32-66-59)63(8,9)10;/h16-36,38,40-43H,1-15H3;/q-3;. The van der Waals surface area contributed by atoms with Crippen molar-refractivity contribution >= 4 is 33.2 Å². The number of ether oxygens (including phenoxy) is 1. The summed E-state index contributed by atoms with van der Waals surface area (Å²) >= 11 is 0. The van der Waals surface area contributed by atoms with Gasteiger partial charge in [0.05, 0.1) is 0 Å². The Bertz CT molecular complexity index is 3240. The van der Waals surface area contributed by atoms with E-state index in [0.717, 1.165) is 50.1 Å². The maximum atomic E-state index is 7.33. The third kappa shape index (κ3) is 10.0. The molecule has 3 heterocycles. The van der Waals surface area contributed by atoms with Crippen molar-refractivity contribution in [1.82, 2.24) is 9.55 Å². The second kappa shape index (κ2) is 19.3. The van der Waals surface area contributed by atoms with Gasteiger partial charge < -0.3 is 19.1 Å². The first-order valence-electron chi connectivity index (χ1n) is 25.2. The van der Waals surface area contributed by atoms with Gasteiger partial charge in [-0.3, -0.25) is 0 Å². The molecule has 0 saturated carbocycles. The molecule has 0 saturated heterocycles. The molecule has 0 aliphatic carbocycles. The average molecular weight is 1120 g/mol. The molecule has 0 radical (unpaired) electrons. The van der Waals surface area contributed by atoms with Crippen LogP contribution in [0.2, 0.25) is 0 Å². The van der Waals surface area contributed by atoms with Crippen LogP contribution in [0.25, 0.3) is 38.8 Å². The van der Waals surface area contributed by atoms with E-state index in [1.165, 1.54) is 39.1 Å². The number of allylic oxidation sites excluding steroid dienone is 1. The smallest absolute Gasteiger partial charge is 0.135 e. The minimum atomic E-state index is -0.423. The maximum absolute atomic E-state index is 7.33. The van der Waals surface area contributed by atoms with E-state index in [1.54, 1.807) is 0 Å². The number of nitrogens with zero attached hydrogens (tertiary/aromatic N) is 4. The molecule has 0 fully saturated rings. The van der Waals surface area contributed by atoms with Gasteiger partial charge in [0.25, 0.3) is 0 Å². The summed E-state index contributed by atoms with van der Waals surface area (Å²) in [6, 6.07) is 54.0. The number of anilines is 2. The Balaban J connectivity index is 0.00000676. The molecule has 1 aliphatic heterocycles. The number of benzene rings is 6. The van der Waals surface area contributed by atoms with Gasteiger partial charge in [-0.05, 0) is 103 Å². The van der Waals surface area contributed by atoms with Gasteiger partial charge in [-0.25, -0.2) is 4.98 Å². The Hall–Kier alpha value is -5.90. The van der Waals surface area contributed by atoms with Gasteiger partial charge in [0.15, 0.2) is 0 Å². The Labute approximate surface area is 439 Å². The van der Waals surface area contributed by atoms with Gasteiger partial charge in [0.2, 0.25) is 0 Å². The van der Waals surface area contributed by atoms with Crippen LogP contribution >= 0.6 is 0 Å². The molecule has 9 rings (SSSR count). The predicted molar refractivity (Wildman–Crippen MR) is 296 cm³/mol. The number of hydrogen-bond acceptors (Lipinski definition) is 4. The normalized spacial score (nSPS) is 13.7. The zero-order valence-corrected chi connectivity index (χ0v) is 46.8. The fraction of sp³-hybridized carbons (Fsp3) is 0.323. The molecule has 5 nitrogen and oxygen atoms in total. The molecule has 0 amide bonds. The first kappa shape index (κ1) is 51.5. The molecule has 2 aromatic heterocycles. The van der Waals surface area contributed by atoms with Crippen LogP contribution in [0.3, 0.4) is 0 Å². The second-order valence-electron chi connectivity index (χ2n) is 23.6. The van der Waals surface area contributed by atoms with Crippen LogP contribution in [0.4, 0.5) is 11.4 Å². The molecule has 0 spiro atoms. The summed E-state index contributed by atoms with van der Waals surface area (Å²) in [5.41, 5.74) is 14.4. The first-order chi connectivity index (χ1) is 33.0. The van der Waals surface area contributed by atoms with E-state index in [1.807, 2.05) is 6.20 Å². The molecular weight excluding hydrogens is 1050 g/mol. The summed E-state index contributed by atoms with van der Waals surface area (Å²) in [6.07, 6.45) is 4.21. The molecule has 0 bridgehead atoms. The molecule has 1 aliphatic rings. The van der Waals surface area contributed by atoms with Crippen molar-refractivity contribution in [2.24, 2.45) is 5.41 Å². The Morgan fingerprint density at radius 2 is 1.20 bits per heavy atom. The van der Waals surface area contributed by atoms with Crippen molar-refractivity contribution in [1.29, 1.82) is 0 Å². The summed E-state index contributed by atoms with van der Waals surface area (Å²) < 4.78 is 9.60. The largest absolute Gasteiger partial charge is 0.509 e. The molecule has 6 aromatic carbocycles. The van der Waals surface area contributed by atoms with Crippen LogP contribution in [-0.2, 0) is 37.3 Å². The van der Waals surface area contributed by atoms with E-state index >= 15 is 0 Å². The van der Waals surface area contributed by atoms with E-state index in [2.05, 4.69) is 271 Å². The van der Waals surface area contributed by atoms with Gasteiger partial charge in [0.1, 0.15) is 5.82 Å². The summed E-state index contributed by atoms with van der Waals surface area (Å²) in [7, 11) is 0. The first-order valence-corrected chi connectivity index (χ1v) is 25.2. The average Bonchev–Trinajstić information content (AvgIpc) is 3.92. The second-order valence-corrected chi connectivity index (χ2v) is 23.6. The fourth-order valence-corrected chi connectivity index (χ4v) is 10.1. The number of para-hydroxylation sites is 1. The summed E-state index contributed by atoms with van der Waals surface area (Å²) in [5.74, 6) is 2.67. The quantitative estimate of drug-likeness (QED) is 0.128. The summed E-state index contributed by atoms with van der Waals surface area (Å²) in [6.45, 7) is 36.4. The van der Waals surface area contributed by atoms with Crippen LogP contribution in [0.5, 0.6) is 11.5 Å². The van der Waals surface area contributed by atoms with Gasteiger partial charge in [-0.1, -0.05) is 194 Å². The minimum Gasteiger partial charge on any atom is -0.509 e. The Morgan fingerprint density at radius 1 is 0.592 bits per heavy atom. The van der Waals surface area contributed by atoms with Crippen molar-refractivity contribution in [3.63, 3.8) is 0 Å². The molecule has 8 aromatic rings. The number of pyridine rings is 1. The molecule has 0 N–H and O–H groups in total. The molecular formula is C65H71N4OPt-3. The minimum absolute atomic E-state index is 0. The zero-order valence-electron chi connectivity index (χ0n) is 44.5. The number of aromatic nitrogens is 2. The van der Waals surface area contributed by atoms with E-state index in [4.69, 9.17) is 9.72 Å². The van der Waals surface area contributed by atoms with Gasteiger partial charge in [0, 0.05) is 61.1 Å². The number of fused-ring (bicyclic) bond motifs is 3. The van der Waals surface area contributed by atoms with Gasteiger partial charge >= 0.3 is 0 Å². The fourth-order valence-electron chi connectivity index (χ4n) is 10.1. The van der Waals surface area contributed by atoms with Crippen LogP contribution in [0, 0.1) is 24.2 Å². The van der Waals surface area contributed by atoms with Crippen LogP contribution < -0.4 is 14.5 Å². The van der Waals surface area contributed by atoms with Crippen molar-refractivity contribution in [3.05, 3.63) is 198 Å². The maximum Gasteiger partial charge on any atom is 0.135 e. The number of hydrogen-bond donors (Lipinski definition) is 0. The summed E-state index contributed by atoms with van der Waals surface area (Å²) in [4.78, 5) is 9.63. The zero-order chi connectivity index (χ0) is 50.1. The molecule has 6 heteroatoms. The SMILES string of the molecule is CC(C)c1cccc(C(C)C)c1-c1cc(Oc2[c-]c3c(c(C(C)(C)c4ccccc4)c2)c2ccccc2n3-c2cc(C(C)(C)C)ccn2)[c-]c(N2C=C(C(C)(C)C)N(c3cccc(C(C)(C)C)c3)[CH-]2)c1.[Pt]. The molecule has 0 atom stereocenters. The van der Waals surface area contributed by atoms with E-state index in [-0.39, 0.29) is 37.3 Å². The number of rotatable bonds is 10. The Kier molecular flexibility index (Phi) is 14.0. The molecule has 0 unspecified atom stereocenters.